The Morgan fingerprint density at radius 2 is 1.78 bits per heavy atom. The lowest BCUT2D eigenvalue weighted by molar-refractivity contribution is 0.0989. The minimum atomic E-state index is 0.0374. The van der Waals surface area contributed by atoms with E-state index < -0.39 is 0 Å². The highest BCUT2D eigenvalue weighted by molar-refractivity contribution is 6.03. The number of aromatic nitrogens is 5. The number of aromatic amines is 2. The second-order valence-electron chi connectivity index (χ2n) is 6.40. The molecule has 6 heteroatoms. The summed E-state index contributed by atoms with van der Waals surface area (Å²) in [4.78, 5) is 24.4. The van der Waals surface area contributed by atoms with Crippen molar-refractivity contribution in [1.82, 2.24) is 25.1 Å². The predicted molar refractivity (Wildman–Crippen MR) is 103 cm³/mol. The Bertz CT molecular complexity index is 1260. The summed E-state index contributed by atoms with van der Waals surface area (Å²) in [5.41, 5.74) is 4.69. The van der Waals surface area contributed by atoms with Crippen LogP contribution in [-0.4, -0.2) is 30.9 Å². The van der Waals surface area contributed by atoms with Crippen LogP contribution in [0.2, 0.25) is 0 Å². The number of hydrogen-bond acceptors (Lipinski definition) is 4. The molecule has 0 aliphatic carbocycles. The van der Waals surface area contributed by atoms with Crippen molar-refractivity contribution in [3.05, 3.63) is 78.2 Å². The molecule has 0 spiro atoms. The predicted octanol–water partition coefficient (Wildman–Crippen LogP) is 3.93. The van der Waals surface area contributed by atoms with Gasteiger partial charge in [0.15, 0.2) is 11.4 Å². The van der Waals surface area contributed by atoms with E-state index in [1.54, 1.807) is 12.4 Å². The van der Waals surface area contributed by atoms with Crippen LogP contribution in [0, 0.1) is 0 Å². The number of nitrogens with zero attached hydrogens (tertiary/aromatic N) is 3. The molecular weight excluding hydrogens is 338 g/mol. The van der Waals surface area contributed by atoms with Crippen molar-refractivity contribution in [3.8, 4) is 11.3 Å². The van der Waals surface area contributed by atoms with Crippen molar-refractivity contribution in [2.24, 2.45) is 0 Å². The first-order valence-corrected chi connectivity index (χ1v) is 8.63. The average molecular weight is 353 g/mol. The Morgan fingerprint density at radius 1 is 0.963 bits per heavy atom. The quantitative estimate of drug-likeness (QED) is 0.479. The van der Waals surface area contributed by atoms with Crippen LogP contribution in [0.3, 0.4) is 0 Å². The molecule has 1 aromatic carbocycles. The van der Waals surface area contributed by atoms with Gasteiger partial charge < -0.3 is 4.98 Å². The normalized spacial score (nSPS) is 11.3. The van der Waals surface area contributed by atoms with Gasteiger partial charge in [0.2, 0.25) is 0 Å². The highest BCUT2D eigenvalue weighted by Crippen LogP contribution is 2.28. The minimum absolute atomic E-state index is 0.0374. The monoisotopic (exact) mass is 353 g/mol. The number of rotatable bonds is 4. The van der Waals surface area contributed by atoms with Gasteiger partial charge in [0.1, 0.15) is 11.3 Å². The average Bonchev–Trinajstić information content (AvgIpc) is 3.31. The van der Waals surface area contributed by atoms with E-state index in [2.05, 4.69) is 25.1 Å². The van der Waals surface area contributed by atoms with Crippen LogP contribution in [0.25, 0.3) is 33.3 Å². The zero-order chi connectivity index (χ0) is 18.2. The van der Waals surface area contributed by atoms with Crippen LogP contribution in [-0.2, 0) is 6.42 Å². The highest BCUT2D eigenvalue weighted by Gasteiger charge is 2.15. The number of H-pyrrole nitrogens is 2. The molecule has 0 radical (unpaired) electrons. The number of Topliss-reactive ketones (excluding diaryl/α,β-unsaturated/α-hetero) is 1. The maximum Gasteiger partial charge on any atom is 0.183 e. The molecule has 4 heterocycles. The van der Waals surface area contributed by atoms with Crippen LogP contribution in [0.4, 0.5) is 0 Å². The number of benzene rings is 1. The summed E-state index contributed by atoms with van der Waals surface area (Å²) in [6.45, 7) is 0. The first-order chi connectivity index (χ1) is 13.3. The number of carbonyl (C=O) groups excluding carboxylic acids is 1. The smallest absolute Gasteiger partial charge is 0.183 e. The molecule has 130 valence electrons. The molecule has 0 aliphatic heterocycles. The van der Waals surface area contributed by atoms with Crippen LogP contribution in [0.1, 0.15) is 16.1 Å². The lowest BCUT2D eigenvalue weighted by Gasteiger charge is -1.98. The van der Waals surface area contributed by atoms with Gasteiger partial charge in [-0.25, -0.2) is 4.98 Å². The zero-order valence-electron chi connectivity index (χ0n) is 14.3. The lowest BCUT2D eigenvalue weighted by atomic mass is 10.1. The van der Waals surface area contributed by atoms with E-state index in [-0.39, 0.29) is 5.78 Å². The Labute approximate surface area is 154 Å². The van der Waals surface area contributed by atoms with Crippen LogP contribution in [0.15, 0.2) is 67.0 Å². The highest BCUT2D eigenvalue weighted by atomic mass is 16.1. The largest absolute Gasteiger partial charge is 0.337 e. The summed E-state index contributed by atoms with van der Waals surface area (Å²) in [5.74, 6) is 0.0374. The van der Waals surface area contributed by atoms with Crippen LogP contribution >= 0.6 is 0 Å². The Kier molecular flexibility index (Phi) is 3.53. The molecule has 0 fully saturated rings. The fraction of sp³-hybridized carbons (Fsp3) is 0.0476. The third-order valence-corrected chi connectivity index (χ3v) is 4.60. The third kappa shape index (κ3) is 2.77. The summed E-state index contributed by atoms with van der Waals surface area (Å²) in [6.07, 6.45) is 3.83. The van der Waals surface area contributed by atoms with Gasteiger partial charge >= 0.3 is 0 Å². The fourth-order valence-electron chi connectivity index (χ4n) is 3.25. The molecular formula is C21H15N5O. The summed E-state index contributed by atoms with van der Waals surface area (Å²) >= 11 is 0. The maximum absolute atomic E-state index is 12.6. The van der Waals surface area contributed by atoms with E-state index in [0.29, 0.717) is 23.4 Å². The number of pyridine rings is 2. The van der Waals surface area contributed by atoms with Crippen molar-refractivity contribution in [3.63, 3.8) is 0 Å². The molecule has 5 aromatic rings. The molecule has 4 aromatic heterocycles. The van der Waals surface area contributed by atoms with Gasteiger partial charge in [-0.15, -0.1) is 0 Å². The van der Waals surface area contributed by atoms with Crippen molar-refractivity contribution in [1.29, 1.82) is 0 Å². The van der Waals surface area contributed by atoms with Gasteiger partial charge in [0.05, 0.1) is 5.69 Å². The summed E-state index contributed by atoms with van der Waals surface area (Å²) < 4.78 is 0. The summed E-state index contributed by atoms with van der Waals surface area (Å²) in [7, 11) is 0. The second-order valence-corrected chi connectivity index (χ2v) is 6.40. The molecule has 0 aliphatic rings. The molecule has 27 heavy (non-hydrogen) atoms. The van der Waals surface area contributed by atoms with Crippen molar-refractivity contribution in [2.45, 2.75) is 6.42 Å². The number of ketones is 1. The maximum atomic E-state index is 12.6. The van der Waals surface area contributed by atoms with Gasteiger partial charge in [-0.3, -0.25) is 14.9 Å². The van der Waals surface area contributed by atoms with E-state index in [1.807, 2.05) is 54.6 Å². The van der Waals surface area contributed by atoms with Crippen LogP contribution < -0.4 is 0 Å². The summed E-state index contributed by atoms with van der Waals surface area (Å²) in [6, 6.07) is 17.4. The SMILES string of the molecule is O=C(Cc1ccccc1)c1cc2cc3c(-c4ccncc4)n[nH]c3nc2[nH]1. The van der Waals surface area contributed by atoms with E-state index in [0.717, 1.165) is 27.6 Å². The van der Waals surface area contributed by atoms with E-state index in [1.165, 1.54) is 0 Å². The Balaban J connectivity index is 1.55. The number of fused-ring (bicyclic) bond motifs is 2. The Morgan fingerprint density at radius 3 is 2.59 bits per heavy atom. The van der Waals surface area contributed by atoms with Crippen molar-refractivity contribution < 1.29 is 4.79 Å². The molecule has 0 saturated carbocycles. The first kappa shape index (κ1) is 15.5. The third-order valence-electron chi connectivity index (χ3n) is 4.60. The topological polar surface area (TPSA) is 87.3 Å². The number of nitrogens with one attached hydrogen (secondary N) is 2. The van der Waals surface area contributed by atoms with Crippen LogP contribution in [0.5, 0.6) is 0 Å². The molecule has 2 N–H and O–H groups in total. The van der Waals surface area contributed by atoms with Gasteiger partial charge in [-0.2, -0.15) is 5.10 Å². The molecule has 0 atom stereocenters. The van der Waals surface area contributed by atoms with E-state index in [9.17, 15) is 4.79 Å². The zero-order valence-corrected chi connectivity index (χ0v) is 14.3. The minimum Gasteiger partial charge on any atom is -0.337 e. The van der Waals surface area contributed by atoms with Gasteiger partial charge in [0, 0.05) is 35.2 Å². The van der Waals surface area contributed by atoms with Gasteiger partial charge in [-0.1, -0.05) is 30.3 Å². The Hall–Kier alpha value is -3.80. The first-order valence-electron chi connectivity index (χ1n) is 8.63. The van der Waals surface area contributed by atoms with Crippen molar-refractivity contribution in [2.75, 3.05) is 0 Å². The molecule has 0 saturated heterocycles. The number of carbonyl (C=O) groups is 1. The van der Waals surface area contributed by atoms with Gasteiger partial charge in [0.25, 0.3) is 0 Å². The standard InChI is InChI=1S/C21H15N5O/c27-18(10-13-4-2-1-3-5-13)17-12-15-11-16-19(14-6-8-22-9-7-14)25-26-21(16)24-20(15)23-17/h1-9,11-12H,10H2,(H2,23,24,25,26). The number of hydrogen-bond donors (Lipinski definition) is 2. The molecule has 0 amide bonds. The molecule has 0 unspecified atom stereocenters. The van der Waals surface area contributed by atoms with E-state index in [4.69, 9.17) is 0 Å². The second kappa shape index (κ2) is 6.17. The molecule has 6 nitrogen and oxygen atoms in total. The van der Waals surface area contributed by atoms with Crippen molar-refractivity contribution >= 4 is 27.9 Å². The van der Waals surface area contributed by atoms with Gasteiger partial charge in [-0.05, 0) is 29.8 Å². The lowest BCUT2D eigenvalue weighted by Crippen LogP contribution is -2.03. The summed E-state index contributed by atoms with van der Waals surface area (Å²) in [5, 5.41) is 9.15. The van der Waals surface area contributed by atoms with E-state index >= 15 is 0 Å². The molecule has 0 bridgehead atoms. The molecule has 5 rings (SSSR count). The fourth-order valence-corrected chi connectivity index (χ4v) is 3.25.